The van der Waals surface area contributed by atoms with Crippen molar-refractivity contribution in [2.24, 2.45) is 4.99 Å². The third-order valence-corrected chi connectivity index (χ3v) is 2.93. The molecule has 3 nitrogen and oxygen atoms in total. The van der Waals surface area contributed by atoms with E-state index in [0.717, 1.165) is 19.6 Å². The van der Waals surface area contributed by atoms with Crippen molar-refractivity contribution in [3.8, 4) is 0 Å². The number of nitrogens with zero attached hydrogens (tertiary/aromatic N) is 3. The van der Waals surface area contributed by atoms with Gasteiger partial charge in [-0.2, -0.15) is 0 Å². The van der Waals surface area contributed by atoms with Gasteiger partial charge in [0, 0.05) is 25.7 Å². The Labute approximate surface area is 94.2 Å². The van der Waals surface area contributed by atoms with Crippen LogP contribution in [0.5, 0.6) is 0 Å². The highest BCUT2D eigenvalue weighted by atomic mass is 15.5. The van der Waals surface area contributed by atoms with Crippen molar-refractivity contribution < 1.29 is 0 Å². The predicted octanol–water partition coefficient (Wildman–Crippen LogP) is 2.19. The van der Waals surface area contributed by atoms with E-state index in [-0.39, 0.29) is 5.54 Å². The molecule has 1 aliphatic rings. The van der Waals surface area contributed by atoms with Crippen LogP contribution in [-0.2, 0) is 0 Å². The van der Waals surface area contributed by atoms with Gasteiger partial charge in [0.2, 0.25) is 0 Å². The van der Waals surface area contributed by atoms with Gasteiger partial charge in [-0.05, 0) is 41.5 Å². The first-order valence-electron chi connectivity index (χ1n) is 6.02. The van der Waals surface area contributed by atoms with Crippen molar-refractivity contribution in [3.63, 3.8) is 0 Å². The Kier molecular flexibility index (Phi) is 3.63. The monoisotopic (exact) mass is 211 g/mol. The Bertz CT molecular complexity index is 243. The fraction of sp³-hybridized carbons (Fsp3) is 0.917. The number of guanidine groups is 1. The molecule has 1 heterocycles. The summed E-state index contributed by atoms with van der Waals surface area (Å²) in [7, 11) is 0. The fourth-order valence-electron chi connectivity index (χ4n) is 2.54. The average molecular weight is 211 g/mol. The summed E-state index contributed by atoms with van der Waals surface area (Å²) in [6.07, 6.45) is 0. The lowest BCUT2D eigenvalue weighted by Gasteiger charge is -2.35. The van der Waals surface area contributed by atoms with E-state index in [1.165, 1.54) is 5.96 Å². The molecule has 0 unspecified atom stereocenters. The third-order valence-electron chi connectivity index (χ3n) is 2.93. The van der Waals surface area contributed by atoms with Crippen LogP contribution in [0.1, 0.15) is 41.5 Å². The maximum Gasteiger partial charge on any atom is 0.197 e. The molecule has 0 aromatic carbocycles. The summed E-state index contributed by atoms with van der Waals surface area (Å²) in [5.41, 5.74) is 0.207. The maximum absolute atomic E-state index is 4.64. The Morgan fingerprint density at radius 3 is 2.33 bits per heavy atom. The normalized spacial score (nSPS) is 23.3. The summed E-state index contributed by atoms with van der Waals surface area (Å²) in [5, 5.41) is 0. The van der Waals surface area contributed by atoms with Gasteiger partial charge in [0.25, 0.3) is 0 Å². The highest BCUT2D eigenvalue weighted by Crippen LogP contribution is 2.28. The van der Waals surface area contributed by atoms with Crippen LogP contribution in [0.15, 0.2) is 4.99 Å². The van der Waals surface area contributed by atoms with Gasteiger partial charge >= 0.3 is 0 Å². The minimum Gasteiger partial charge on any atom is -0.341 e. The molecule has 1 fully saturated rings. The van der Waals surface area contributed by atoms with Crippen LogP contribution in [0, 0.1) is 0 Å². The van der Waals surface area contributed by atoms with Crippen molar-refractivity contribution in [3.05, 3.63) is 0 Å². The number of rotatable bonds is 3. The lowest BCUT2D eigenvalue weighted by atomic mass is 10.0. The van der Waals surface area contributed by atoms with Crippen molar-refractivity contribution in [2.75, 3.05) is 19.6 Å². The molecule has 3 heteroatoms. The Morgan fingerprint density at radius 1 is 1.33 bits per heavy atom. The van der Waals surface area contributed by atoms with E-state index >= 15 is 0 Å². The van der Waals surface area contributed by atoms with E-state index in [2.05, 4.69) is 56.3 Å². The smallest absolute Gasteiger partial charge is 0.197 e. The first-order valence-corrected chi connectivity index (χ1v) is 6.02. The Hall–Kier alpha value is -0.730. The molecule has 88 valence electrons. The molecule has 0 radical (unpaired) electrons. The minimum absolute atomic E-state index is 0.207. The maximum atomic E-state index is 4.64. The fourth-order valence-corrected chi connectivity index (χ4v) is 2.54. The van der Waals surface area contributed by atoms with Crippen LogP contribution in [-0.4, -0.2) is 47.0 Å². The summed E-state index contributed by atoms with van der Waals surface area (Å²) in [5.74, 6) is 1.18. The third kappa shape index (κ3) is 2.27. The zero-order chi connectivity index (χ0) is 11.6. The van der Waals surface area contributed by atoms with Crippen molar-refractivity contribution in [1.29, 1.82) is 0 Å². The van der Waals surface area contributed by atoms with Gasteiger partial charge in [0.1, 0.15) is 0 Å². The van der Waals surface area contributed by atoms with E-state index in [1.807, 2.05) is 0 Å². The minimum atomic E-state index is 0.207. The first kappa shape index (κ1) is 12.3. The van der Waals surface area contributed by atoms with E-state index in [0.29, 0.717) is 6.04 Å². The summed E-state index contributed by atoms with van der Waals surface area (Å²) < 4.78 is 0. The molecule has 1 aliphatic heterocycles. The molecule has 0 N–H and O–H groups in total. The topological polar surface area (TPSA) is 18.8 Å². The largest absolute Gasteiger partial charge is 0.341 e. The zero-order valence-electron chi connectivity index (χ0n) is 11.0. The molecule has 0 aliphatic carbocycles. The van der Waals surface area contributed by atoms with E-state index in [9.17, 15) is 0 Å². The lowest BCUT2D eigenvalue weighted by molar-refractivity contribution is 0.206. The highest BCUT2D eigenvalue weighted by molar-refractivity contribution is 5.83. The van der Waals surface area contributed by atoms with Crippen molar-refractivity contribution >= 4 is 5.96 Å². The van der Waals surface area contributed by atoms with Gasteiger partial charge in [-0.25, -0.2) is 0 Å². The number of hydrogen-bond acceptors (Lipinski definition) is 1. The number of likely N-dealkylation sites (N-methyl/N-ethyl adjacent to an activating group) is 1. The summed E-state index contributed by atoms with van der Waals surface area (Å²) >= 11 is 0. The van der Waals surface area contributed by atoms with Crippen molar-refractivity contribution in [1.82, 2.24) is 9.80 Å². The van der Waals surface area contributed by atoms with Crippen LogP contribution in [0.4, 0.5) is 0 Å². The Balaban J connectivity index is 3.02. The predicted molar refractivity (Wildman–Crippen MR) is 66.3 cm³/mol. The van der Waals surface area contributed by atoms with Gasteiger partial charge in [-0.1, -0.05) is 0 Å². The van der Waals surface area contributed by atoms with Crippen LogP contribution < -0.4 is 0 Å². The molecule has 1 saturated heterocycles. The van der Waals surface area contributed by atoms with E-state index in [1.54, 1.807) is 0 Å². The molecule has 0 spiro atoms. The van der Waals surface area contributed by atoms with Crippen LogP contribution in [0.3, 0.4) is 0 Å². The molecular formula is C12H25N3. The molecular weight excluding hydrogens is 186 g/mol. The summed E-state index contributed by atoms with van der Waals surface area (Å²) in [6, 6.07) is 0.516. The van der Waals surface area contributed by atoms with Crippen LogP contribution >= 0.6 is 0 Å². The highest BCUT2D eigenvalue weighted by Gasteiger charge is 2.41. The van der Waals surface area contributed by atoms with E-state index in [4.69, 9.17) is 0 Å². The second kappa shape index (κ2) is 4.42. The van der Waals surface area contributed by atoms with Crippen LogP contribution in [0.25, 0.3) is 0 Å². The molecule has 0 atom stereocenters. The second-order valence-electron chi connectivity index (χ2n) is 5.06. The molecule has 0 saturated carbocycles. The lowest BCUT2D eigenvalue weighted by Crippen LogP contribution is -2.47. The Morgan fingerprint density at radius 2 is 1.93 bits per heavy atom. The van der Waals surface area contributed by atoms with Crippen molar-refractivity contribution in [2.45, 2.75) is 53.1 Å². The first-order chi connectivity index (χ1) is 6.94. The molecule has 15 heavy (non-hydrogen) atoms. The molecule has 0 aromatic heterocycles. The number of hydrogen-bond donors (Lipinski definition) is 0. The average Bonchev–Trinajstić information content (AvgIpc) is 2.37. The van der Waals surface area contributed by atoms with Gasteiger partial charge in [0.05, 0.1) is 5.54 Å². The van der Waals surface area contributed by atoms with Gasteiger partial charge in [-0.15, -0.1) is 0 Å². The zero-order valence-corrected chi connectivity index (χ0v) is 11.0. The summed E-state index contributed by atoms with van der Waals surface area (Å²) in [4.78, 5) is 9.47. The molecule has 0 bridgehead atoms. The molecule has 0 aromatic rings. The van der Waals surface area contributed by atoms with E-state index < -0.39 is 0 Å². The molecule has 1 rings (SSSR count). The SMILES string of the molecule is CCN=C1N(CC)CC(C)(C)N1C(C)C. The standard InChI is InChI=1S/C12H25N3/c1-7-13-11-14(8-2)9-12(5,6)15(11)10(3)4/h10H,7-9H2,1-6H3. The van der Waals surface area contributed by atoms with Gasteiger partial charge < -0.3 is 9.80 Å². The van der Waals surface area contributed by atoms with Gasteiger partial charge in [0.15, 0.2) is 5.96 Å². The van der Waals surface area contributed by atoms with Gasteiger partial charge in [-0.3, -0.25) is 4.99 Å². The van der Waals surface area contributed by atoms with Crippen LogP contribution in [0.2, 0.25) is 0 Å². The molecule has 0 amide bonds. The summed E-state index contributed by atoms with van der Waals surface area (Å²) in [6.45, 7) is 16.4. The second-order valence-corrected chi connectivity index (χ2v) is 5.06. The number of aliphatic imine (C=N–C) groups is 1. The quantitative estimate of drug-likeness (QED) is 0.712.